The van der Waals surface area contributed by atoms with Crippen molar-refractivity contribution in [3.63, 3.8) is 0 Å². The zero-order chi connectivity index (χ0) is 12.1. The van der Waals surface area contributed by atoms with Gasteiger partial charge in [-0.15, -0.1) is 0 Å². The van der Waals surface area contributed by atoms with Crippen LogP contribution in [-0.2, 0) is 11.2 Å². The van der Waals surface area contributed by atoms with Crippen LogP contribution in [-0.4, -0.2) is 25.3 Å². The van der Waals surface area contributed by atoms with Crippen LogP contribution in [0.5, 0.6) is 0 Å². The second kappa shape index (κ2) is 5.52. The van der Waals surface area contributed by atoms with Crippen LogP contribution in [0.15, 0.2) is 24.3 Å². The summed E-state index contributed by atoms with van der Waals surface area (Å²) in [4.78, 5) is 0. The lowest BCUT2D eigenvalue weighted by Gasteiger charge is -2.23. The van der Waals surface area contributed by atoms with Crippen molar-refractivity contribution in [1.29, 1.82) is 0 Å². The van der Waals surface area contributed by atoms with Crippen LogP contribution in [0.3, 0.4) is 0 Å². The van der Waals surface area contributed by atoms with E-state index in [9.17, 15) is 0 Å². The van der Waals surface area contributed by atoms with E-state index in [-0.39, 0.29) is 5.54 Å². The highest BCUT2D eigenvalue weighted by molar-refractivity contribution is 5.39. The van der Waals surface area contributed by atoms with E-state index in [1.54, 1.807) is 0 Å². The van der Waals surface area contributed by atoms with Crippen LogP contribution in [0.1, 0.15) is 25.3 Å². The summed E-state index contributed by atoms with van der Waals surface area (Å²) < 4.78 is 5.41. The molecule has 0 spiro atoms. The maximum absolute atomic E-state index is 5.66. The van der Waals surface area contributed by atoms with Crippen molar-refractivity contribution >= 4 is 5.69 Å². The largest absolute Gasteiger partial charge is 0.399 e. The summed E-state index contributed by atoms with van der Waals surface area (Å²) >= 11 is 0. The van der Waals surface area contributed by atoms with Gasteiger partial charge < -0.3 is 15.8 Å². The Bertz CT molecular complexity index is 342. The molecule has 2 rings (SSSR count). The summed E-state index contributed by atoms with van der Waals surface area (Å²) in [6.07, 6.45) is 3.37. The van der Waals surface area contributed by atoms with Gasteiger partial charge in [-0.2, -0.15) is 0 Å². The lowest BCUT2D eigenvalue weighted by Crippen LogP contribution is -2.43. The van der Waals surface area contributed by atoms with Crippen molar-refractivity contribution in [2.24, 2.45) is 0 Å². The topological polar surface area (TPSA) is 47.3 Å². The summed E-state index contributed by atoms with van der Waals surface area (Å²) in [5.41, 5.74) is 8.04. The summed E-state index contributed by atoms with van der Waals surface area (Å²) in [5, 5.41) is 3.59. The van der Waals surface area contributed by atoms with Crippen LogP contribution >= 0.6 is 0 Å². The number of nitrogens with one attached hydrogen (secondary N) is 1. The third-order valence-electron chi connectivity index (χ3n) is 3.39. The van der Waals surface area contributed by atoms with Crippen molar-refractivity contribution < 1.29 is 4.74 Å². The molecule has 0 bridgehead atoms. The predicted molar refractivity (Wildman–Crippen MR) is 71.0 cm³/mol. The lowest BCUT2D eigenvalue weighted by molar-refractivity contribution is 0.171. The van der Waals surface area contributed by atoms with E-state index in [1.165, 1.54) is 5.56 Å². The van der Waals surface area contributed by atoms with E-state index in [1.807, 2.05) is 12.1 Å². The summed E-state index contributed by atoms with van der Waals surface area (Å²) in [7, 11) is 0. The Hall–Kier alpha value is -1.06. The number of nitrogens with two attached hydrogens (primary N) is 1. The third-order valence-corrected chi connectivity index (χ3v) is 3.39. The van der Waals surface area contributed by atoms with Crippen molar-refractivity contribution in [3.8, 4) is 0 Å². The maximum Gasteiger partial charge on any atom is 0.0646 e. The van der Waals surface area contributed by atoms with Gasteiger partial charge in [-0.25, -0.2) is 0 Å². The van der Waals surface area contributed by atoms with Crippen LogP contribution in [0.25, 0.3) is 0 Å². The van der Waals surface area contributed by atoms with Crippen LogP contribution in [0, 0.1) is 0 Å². The highest BCUT2D eigenvalue weighted by Gasteiger charge is 2.28. The fourth-order valence-corrected chi connectivity index (χ4v) is 2.17. The average molecular weight is 234 g/mol. The Balaban J connectivity index is 1.67. The SMILES string of the molecule is CC1(NCCCc2ccc(N)cc2)CCOC1. The third kappa shape index (κ3) is 3.72. The minimum Gasteiger partial charge on any atom is -0.399 e. The highest BCUT2D eigenvalue weighted by atomic mass is 16.5. The van der Waals surface area contributed by atoms with Gasteiger partial charge >= 0.3 is 0 Å². The van der Waals surface area contributed by atoms with Gasteiger partial charge in [0.05, 0.1) is 6.61 Å². The minimum atomic E-state index is 0.196. The van der Waals surface area contributed by atoms with E-state index in [0.717, 1.165) is 44.7 Å². The van der Waals surface area contributed by atoms with Gasteiger partial charge in [0.15, 0.2) is 0 Å². The van der Waals surface area contributed by atoms with Crippen molar-refractivity contribution in [2.45, 2.75) is 31.7 Å². The van der Waals surface area contributed by atoms with Gasteiger partial charge in [0.2, 0.25) is 0 Å². The molecule has 0 aliphatic carbocycles. The molecule has 1 aromatic carbocycles. The summed E-state index contributed by atoms with van der Waals surface area (Å²) in [5.74, 6) is 0. The van der Waals surface area contributed by atoms with Crippen molar-refractivity contribution in [1.82, 2.24) is 5.32 Å². The fraction of sp³-hybridized carbons (Fsp3) is 0.571. The van der Waals surface area contributed by atoms with Crippen molar-refractivity contribution in [2.75, 3.05) is 25.5 Å². The number of aryl methyl sites for hydroxylation is 1. The molecular formula is C14H22N2O. The molecule has 3 nitrogen and oxygen atoms in total. The van der Waals surface area contributed by atoms with Gasteiger partial charge in [-0.05, 0) is 50.4 Å². The number of nitrogen functional groups attached to an aromatic ring is 1. The molecule has 94 valence electrons. The van der Waals surface area contributed by atoms with Crippen LogP contribution in [0.2, 0.25) is 0 Å². The van der Waals surface area contributed by atoms with Gasteiger partial charge in [0, 0.05) is 17.8 Å². The van der Waals surface area contributed by atoms with E-state index in [2.05, 4.69) is 24.4 Å². The molecule has 1 aromatic rings. The molecule has 0 radical (unpaired) electrons. The molecule has 1 aliphatic rings. The number of anilines is 1. The quantitative estimate of drug-likeness (QED) is 0.605. The molecule has 0 amide bonds. The second-order valence-electron chi connectivity index (χ2n) is 5.14. The Kier molecular flexibility index (Phi) is 4.02. The second-order valence-corrected chi connectivity index (χ2v) is 5.14. The highest BCUT2D eigenvalue weighted by Crippen LogP contribution is 2.17. The minimum absolute atomic E-state index is 0.196. The number of benzene rings is 1. The Morgan fingerprint density at radius 2 is 2.12 bits per heavy atom. The first kappa shape index (κ1) is 12.4. The molecule has 3 N–H and O–H groups in total. The molecule has 0 saturated carbocycles. The fourth-order valence-electron chi connectivity index (χ4n) is 2.17. The number of ether oxygens (including phenoxy) is 1. The molecule has 1 unspecified atom stereocenters. The van der Waals surface area contributed by atoms with Gasteiger partial charge in [-0.3, -0.25) is 0 Å². The molecule has 1 atom stereocenters. The van der Waals surface area contributed by atoms with Gasteiger partial charge in [-0.1, -0.05) is 12.1 Å². The monoisotopic (exact) mass is 234 g/mol. The van der Waals surface area contributed by atoms with E-state index in [4.69, 9.17) is 10.5 Å². The average Bonchev–Trinajstić information content (AvgIpc) is 2.74. The number of rotatable bonds is 5. The molecular weight excluding hydrogens is 212 g/mol. The van der Waals surface area contributed by atoms with E-state index < -0.39 is 0 Å². The molecule has 17 heavy (non-hydrogen) atoms. The van der Waals surface area contributed by atoms with Crippen LogP contribution in [0.4, 0.5) is 5.69 Å². The predicted octanol–water partition coefficient (Wildman–Crippen LogP) is 1.97. The lowest BCUT2D eigenvalue weighted by atomic mass is 10.0. The number of hydrogen-bond acceptors (Lipinski definition) is 3. The Morgan fingerprint density at radius 1 is 1.35 bits per heavy atom. The van der Waals surface area contributed by atoms with Gasteiger partial charge in [0.25, 0.3) is 0 Å². The molecule has 1 saturated heterocycles. The first-order chi connectivity index (χ1) is 8.18. The molecule has 1 aliphatic heterocycles. The smallest absolute Gasteiger partial charge is 0.0646 e. The number of hydrogen-bond donors (Lipinski definition) is 2. The Labute approximate surface area is 103 Å². The molecule has 3 heteroatoms. The van der Waals surface area contributed by atoms with E-state index in [0.29, 0.717) is 0 Å². The zero-order valence-corrected chi connectivity index (χ0v) is 10.5. The first-order valence-electron chi connectivity index (χ1n) is 6.35. The van der Waals surface area contributed by atoms with Crippen LogP contribution < -0.4 is 11.1 Å². The normalized spacial score (nSPS) is 24.1. The maximum atomic E-state index is 5.66. The van der Waals surface area contributed by atoms with Crippen molar-refractivity contribution in [3.05, 3.63) is 29.8 Å². The zero-order valence-electron chi connectivity index (χ0n) is 10.5. The van der Waals surface area contributed by atoms with Gasteiger partial charge in [0.1, 0.15) is 0 Å². The summed E-state index contributed by atoms with van der Waals surface area (Å²) in [6.45, 7) is 5.02. The first-order valence-corrected chi connectivity index (χ1v) is 6.35. The molecule has 1 heterocycles. The standard InChI is InChI=1S/C14H22N2O/c1-14(8-10-17-11-14)16-9-2-3-12-4-6-13(15)7-5-12/h4-7,16H,2-3,8-11,15H2,1H3. The molecule has 0 aromatic heterocycles. The summed E-state index contributed by atoms with van der Waals surface area (Å²) in [6, 6.07) is 8.15. The Morgan fingerprint density at radius 3 is 2.76 bits per heavy atom. The molecule has 1 fully saturated rings. The van der Waals surface area contributed by atoms with E-state index >= 15 is 0 Å².